The van der Waals surface area contributed by atoms with Crippen molar-refractivity contribution in [3.05, 3.63) is 60.3 Å². The molecule has 0 bridgehead atoms. The van der Waals surface area contributed by atoms with Crippen LogP contribution >= 0.6 is 0 Å². The molecule has 23 heavy (non-hydrogen) atoms. The third-order valence-corrected chi connectivity index (χ3v) is 3.43. The van der Waals surface area contributed by atoms with Gasteiger partial charge in [0.2, 0.25) is 0 Å². The van der Waals surface area contributed by atoms with Gasteiger partial charge in [0, 0.05) is 5.56 Å². The van der Waals surface area contributed by atoms with Crippen LogP contribution in [0.1, 0.15) is 12.1 Å². The largest absolute Gasteiger partial charge is 0.508 e. The van der Waals surface area contributed by atoms with Gasteiger partial charge in [0.25, 0.3) is 6.43 Å². The molecule has 0 fully saturated rings. The van der Waals surface area contributed by atoms with E-state index in [1.54, 1.807) is 43.5 Å². The maximum atomic E-state index is 13.0. The first-order chi connectivity index (χ1) is 11.1. The average Bonchev–Trinajstić information content (AvgIpc) is 3.01. The van der Waals surface area contributed by atoms with Crippen LogP contribution in [0.2, 0.25) is 0 Å². The fraction of sp³-hybridized carbons (Fsp3) is 0.118. The highest BCUT2D eigenvalue weighted by atomic mass is 19.3. The average molecular weight is 316 g/mol. The van der Waals surface area contributed by atoms with E-state index in [2.05, 4.69) is 5.10 Å². The number of alkyl halides is 2. The quantitative estimate of drug-likeness (QED) is 0.785. The summed E-state index contributed by atoms with van der Waals surface area (Å²) in [5, 5.41) is 13.4. The molecule has 4 nitrogen and oxygen atoms in total. The van der Waals surface area contributed by atoms with Crippen molar-refractivity contribution in [2.45, 2.75) is 6.43 Å². The Morgan fingerprint density at radius 3 is 2.26 bits per heavy atom. The molecule has 1 N–H and O–H groups in total. The summed E-state index contributed by atoms with van der Waals surface area (Å²) in [6, 6.07) is 14.6. The Bertz CT molecular complexity index is 796. The highest BCUT2D eigenvalue weighted by Gasteiger charge is 2.17. The molecule has 1 aromatic heterocycles. The summed E-state index contributed by atoms with van der Waals surface area (Å²) in [4.78, 5) is 0. The van der Waals surface area contributed by atoms with Crippen LogP contribution in [0.5, 0.6) is 11.5 Å². The van der Waals surface area contributed by atoms with E-state index in [1.807, 2.05) is 0 Å². The first-order valence-electron chi connectivity index (χ1n) is 6.90. The Morgan fingerprint density at radius 1 is 1.04 bits per heavy atom. The minimum absolute atomic E-state index is 0.110. The molecule has 0 aliphatic rings. The van der Waals surface area contributed by atoms with Gasteiger partial charge < -0.3 is 9.84 Å². The Hall–Kier alpha value is -2.89. The van der Waals surface area contributed by atoms with Crippen molar-refractivity contribution < 1.29 is 18.6 Å². The van der Waals surface area contributed by atoms with E-state index in [-0.39, 0.29) is 11.4 Å². The molecule has 0 atom stereocenters. The number of aromatic hydroxyl groups is 1. The Kier molecular flexibility index (Phi) is 3.97. The summed E-state index contributed by atoms with van der Waals surface area (Å²) in [5.74, 6) is 0.777. The van der Waals surface area contributed by atoms with Crippen LogP contribution in [0, 0.1) is 0 Å². The van der Waals surface area contributed by atoms with Crippen LogP contribution in [0.15, 0.2) is 54.6 Å². The summed E-state index contributed by atoms with van der Waals surface area (Å²) < 4.78 is 32.6. The highest BCUT2D eigenvalue weighted by Crippen LogP contribution is 2.29. The van der Waals surface area contributed by atoms with Gasteiger partial charge in [-0.2, -0.15) is 5.10 Å². The standard InChI is InChI=1S/C17H14F2N2O2/c1-23-14-8-4-12(5-9-14)21-16(10-15(20-21)17(18)19)11-2-6-13(22)7-3-11/h2-10,17,22H,1H3. The molecule has 6 heteroatoms. The van der Waals surface area contributed by atoms with Gasteiger partial charge in [0.05, 0.1) is 18.5 Å². The van der Waals surface area contributed by atoms with Crippen molar-refractivity contribution in [3.63, 3.8) is 0 Å². The summed E-state index contributed by atoms with van der Waals surface area (Å²) in [7, 11) is 1.56. The van der Waals surface area contributed by atoms with Gasteiger partial charge in [-0.05, 0) is 54.6 Å². The van der Waals surface area contributed by atoms with E-state index < -0.39 is 6.43 Å². The van der Waals surface area contributed by atoms with E-state index in [1.165, 1.54) is 22.9 Å². The number of phenols is 1. The zero-order chi connectivity index (χ0) is 16.4. The summed E-state index contributed by atoms with van der Waals surface area (Å²) in [6.45, 7) is 0. The van der Waals surface area contributed by atoms with Crippen LogP contribution in [-0.2, 0) is 0 Å². The molecule has 3 rings (SSSR count). The number of ether oxygens (including phenoxy) is 1. The highest BCUT2D eigenvalue weighted by molar-refractivity contribution is 5.63. The lowest BCUT2D eigenvalue weighted by molar-refractivity contribution is 0.145. The number of methoxy groups -OCH3 is 1. The van der Waals surface area contributed by atoms with Gasteiger partial charge in [-0.15, -0.1) is 0 Å². The van der Waals surface area contributed by atoms with Gasteiger partial charge in [-0.1, -0.05) is 0 Å². The monoisotopic (exact) mass is 316 g/mol. The summed E-state index contributed by atoms with van der Waals surface area (Å²) in [6.07, 6.45) is -2.66. The first kappa shape index (κ1) is 15.0. The maximum absolute atomic E-state index is 13.0. The van der Waals surface area contributed by atoms with E-state index in [4.69, 9.17) is 4.74 Å². The molecule has 0 spiro atoms. The van der Waals surface area contributed by atoms with Crippen LogP contribution in [-0.4, -0.2) is 22.0 Å². The number of halogens is 2. The third-order valence-electron chi connectivity index (χ3n) is 3.43. The molecule has 0 aliphatic carbocycles. The van der Waals surface area contributed by atoms with Crippen molar-refractivity contribution in [2.75, 3.05) is 7.11 Å². The Morgan fingerprint density at radius 2 is 1.70 bits per heavy atom. The first-order valence-corrected chi connectivity index (χ1v) is 6.90. The van der Waals surface area contributed by atoms with E-state index in [0.717, 1.165) is 0 Å². The number of aromatic nitrogens is 2. The van der Waals surface area contributed by atoms with Crippen LogP contribution in [0.25, 0.3) is 16.9 Å². The lowest BCUT2D eigenvalue weighted by atomic mass is 10.1. The fourth-order valence-electron chi connectivity index (χ4n) is 2.26. The smallest absolute Gasteiger partial charge is 0.282 e. The van der Waals surface area contributed by atoms with Crippen LogP contribution in [0.3, 0.4) is 0 Å². The molecule has 0 saturated heterocycles. The van der Waals surface area contributed by atoms with Crippen molar-refractivity contribution in [1.29, 1.82) is 0 Å². The minimum Gasteiger partial charge on any atom is -0.508 e. The molecule has 0 amide bonds. The van der Waals surface area contributed by atoms with E-state index in [0.29, 0.717) is 22.7 Å². The second kappa shape index (κ2) is 6.08. The molecular weight excluding hydrogens is 302 g/mol. The van der Waals surface area contributed by atoms with Gasteiger partial charge in [0.15, 0.2) is 0 Å². The second-order valence-electron chi connectivity index (χ2n) is 4.91. The molecule has 0 saturated carbocycles. The van der Waals surface area contributed by atoms with E-state index >= 15 is 0 Å². The van der Waals surface area contributed by atoms with Gasteiger partial charge in [-0.3, -0.25) is 0 Å². The molecule has 1 heterocycles. The topological polar surface area (TPSA) is 47.3 Å². The van der Waals surface area contributed by atoms with Gasteiger partial charge >= 0.3 is 0 Å². The molecule has 0 unspecified atom stereocenters. The minimum atomic E-state index is -2.66. The maximum Gasteiger partial charge on any atom is 0.282 e. The van der Waals surface area contributed by atoms with Crippen LogP contribution < -0.4 is 4.74 Å². The molecule has 118 valence electrons. The van der Waals surface area contributed by atoms with Gasteiger partial charge in [0.1, 0.15) is 17.2 Å². The number of nitrogens with zero attached hydrogens (tertiary/aromatic N) is 2. The molecule has 0 aliphatic heterocycles. The Labute approximate surface area is 131 Å². The summed E-state index contributed by atoms with van der Waals surface area (Å²) in [5.41, 5.74) is 1.54. The number of hydrogen-bond acceptors (Lipinski definition) is 3. The lowest BCUT2D eigenvalue weighted by Gasteiger charge is -2.08. The van der Waals surface area contributed by atoms with Gasteiger partial charge in [-0.25, -0.2) is 13.5 Å². The lowest BCUT2D eigenvalue weighted by Crippen LogP contribution is -2.00. The number of phenolic OH excluding ortho intramolecular Hbond substituents is 1. The molecular formula is C17H14F2N2O2. The predicted octanol–water partition coefficient (Wildman–Crippen LogP) is 4.19. The summed E-state index contributed by atoms with van der Waals surface area (Å²) >= 11 is 0. The van der Waals surface area contributed by atoms with Crippen molar-refractivity contribution in [2.24, 2.45) is 0 Å². The Balaban J connectivity index is 2.12. The number of benzene rings is 2. The normalized spacial score (nSPS) is 11.0. The third kappa shape index (κ3) is 3.01. The zero-order valence-corrected chi connectivity index (χ0v) is 12.3. The van der Waals surface area contributed by atoms with Crippen molar-refractivity contribution >= 4 is 0 Å². The SMILES string of the molecule is COc1ccc(-n2nc(C(F)F)cc2-c2ccc(O)cc2)cc1. The molecule has 3 aromatic rings. The second-order valence-corrected chi connectivity index (χ2v) is 4.91. The molecule has 0 radical (unpaired) electrons. The molecule has 2 aromatic carbocycles. The van der Waals surface area contributed by atoms with Crippen molar-refractivity contribution in [1.82, 2.24) is 9.78 Å². The predicted molar refractivity (Wildman–Crippen MR) is 82.2 cm³/mol. The number of rotatable bonds is 4. The van der Waals surface area contributed by atoms with Crippen LogP contribution in [0.4, 0.5) is 8.78 Å². The zero-order valence-electron chi connectivity index (χ0n) is 12.3. The van der Waals surface area contributed by atoms with Crippen molar-refractivity contribution in [3.8, 4) is 28.4 Å². The number of hydrogen-bond donors (Lipinski definition) is 1. The van der Waals surface area contributed by atoms with E-state index in [9.17, 15) is 13.9 Å². The fourth-order valence-corrected chi connectivity index (χ4v) is 2.26.